The summed E-state index contributed by atoms with van der Waals surface area (Å²) >= 11 is 2.72. The van der Waals surface area contributed by atoms with E-state index in [0.717, 1.165) is 17.7 Å². The number of nitriles is 1. The molecule has 2 aromatic rings. The van der Waals surface area contributed by atoms with Gasteiger partial charge in [-0.2, -0.15) is 5.26 Å². The van der Waals surface area contributed by atoms with Crippen LogP contribution in [0.3, 0.4) is 0 Å². The van der Waals surface area contributed by atoms with E-state index < -0.39 is 0 Å². The van der Waals surface area contributed by atoms with Crippen molar-refractivity contribution in [2.45, 2.75) is 19.4 Å². The van der Waals surface area contributed by atoms with Crippen LogP contribution in [-0.2, 0) is 11.3 Å². The van der Waals surface area contributed by atoms with Gasteiger partial charge >= 0.3 is 0 Å². The summed E-state index contributed by atoms with van der Waals surface area (Å²) in [4.78, 5) is 28.1. The van der Waals surface area contributed by atoms with Crippen molar-refractivity contribution >= 4 is 40.2 Å². The number of allylic oxidation sites excluding steroid dienone is 1. The van der Waals surface area contributed by atoms with E-state index in [4.69, 9.17) is 0 Å². The molecule has 3 heterocycles. The predicted molar refractivity (Wildman–Crippen MR) is 101 cm³/mol. The maximum absolute atomic E-state index is 12.7. The van der Waals surface area contributed by atoms with E-state index in [1.54, 1.807) is 17.1 Å². The smallest absolute Gasteiger partial charge is 0.269 e. The minimum absolute atomic E-state index is 0.0386. The molecule has 7 heteroatoms. The second-order valence-corrected chi connectivity index (χ2v) is 7.63. The Bertz CT molecular complexity index is 1000. The average molecular weight is 371 g/mol. The van der Waals surface area contributed by atoms with Gasteiger partial charge in [-0.05, 0) is 30.4 Å². The van der Waals surface area contributed by atoms with E-state index >= 15 is 0 Å². The lowest BCUT2D eigenvalue weighted by molar-refractivity contribution is -0.123. The van der Waals surface area contributed by atoms with Crippen LogP contribution in [0.5, 0.6) is 0 Å². The van der Waals surface area contributed by atoms with Gasteiger partial charge in [0.15, 0.2) is 5.57 Å². The van der Waals surface area contributed by atoms with Gasteiger partial charge in [0.05, 0.1) is 4.53 Å². The maximum atomic E-state index is 12.7. The standard InChI is InChI=1S/C18H17N3O2S2/c1-2-7-21-17(23)15(11-13-6-5-10-24-13)25-18(21)14(12-19)16(22)20-8-3-4-9-20/h2,5-6,10-11H,1,3-4,7-9H2/b15-11-,18-14+. The van der Waals surface area contributed by atoms with E-state index in [9.17, 15) is 14.9 Å². The van der Waals surface area contributed by atoms with Crippen molar-refractivity contribution in [1.82, 2.24) is 9.47 Å². The van der Waals surface area contributed by atoms with Crippen molar-refractivity contribution in [3.05, 3.63) is 54.6 Å². The van der Waals surface area contributed by atoms with Gasteiger partial charge in [-0.15, -0.1) is 29.3 Å². The highest BCUT2D eigenvalue weighted by Gasteiger charge is 2.23. The summed E-state index contributed by atoms with van der Waals surface area (Å²) in [6.07, 6.45) is 5.30. The van der Waals surface area contributed by atoms with Crippen molar-refractivity contribution in [1.29, 1.82) is 5.26 Å². The largest absolute Gasteiger partial charge is 0.338 e. The first kappa shape index (κ1) is 17.4. The van der Waals surface area contributed by atoms with Crippen molar-refractivity contribution < 1.29 is 4.79 Å². The van der Waals surface area contributed by atoms with Crippen molar-refractivity contribution in [2.75, 3.05) is 13.1 Å². The molecule has 0 atom stereocenters. The lowest BCUT2D eigenvalue weighted by Crippen LogP contribution is -2.35. The highest BCUT2D eigenvalue weighted by Crippen LogP contribution is 2.12. The summed E-state index contributed by atoms with van der Waals surface area (Å²) in [5.41, 5.74) is -0.160. The zero-order valence-corrected chi connectivity index (χ0v) is 15.2. The zero-order chi connectivity index (χ0) is 17.8. The molecular formula is C18H17N3O2S2. The van der Waals surface area contributed by atoms with E-state index in [1.165, 1.54) is 27.2 Å². The lowest BCUT2D eigenvalue weighted by atomic mass is 10.3. The van der Waals surface area contributed by atoms with Gasteiger partial charge in [-0.3, -0.25) is 14.2 Å². The molecule has 1 amide bonds. The Kier molecular flexibility index (Phi) is 5.31. The molecule has 1 saturated heterocycles. The highest BCUT2D eigenvalue weighted by atomic mass is 32.1. The third-order valence-electron chi connectivity index (χ3n) is 3.97. The van der Waals surface area contributed by atoms with Gasteiger partial charge in [-0.1, -0.05) is 12.1 Å². The molecule has 0 aliphatic carbocycles. The van der Waals surface area contributed by atoms with Crippen LogP contribution < -0.4 is 14.8 Å². The Hall–Kier alpha value is -2.43. The zero-order valence-electron chi connectivity index (χ0n) is 13.6. The molecule has 2 aromatic heterocycles. The summed E-state index contributed by atoms with van der Waals surface area (Å²) in [5, 5.41) is 11.5. The van der Waals surface area contributed by atoms with Gasteiger partial charge in [0.2, 0.25) is 0 Å². The summed E-state index contributed by atoms with van der Waals surface area (Å²) in [7, 11) is 0. The van der Waals surface area contributed by atoms with Crippen LogP contribution >= 0.6 is 22.7 Å². The highest BCUT2D eigenvalue weighted by molar-refractivity contribution is 7.11. The molecule has 3 rings (SSSR count). The van der Waals surface area contributed by atoms with Crippen LogP contribution in [-0.4, -0.2) is 28.5 Å². The van der Waals surface area contributed by atoms with Crippen molar-refractivity contribution in [2.24, 2.45) is 0 Å². The molecule has 0 bridgehead atoms. The average Bonchev–Trinajstić information content (AvgIpc) is 3.35. The Balaban J connectivity index is 2.23. The molecule has 128 valence electrons. The van der Waals surface area contributed by atoms with E-state index in [2.05, 4.69) is 6.58 Å². The summed E-state index contributed by atoms with van der Waals surface area (Å²) < 4.78 is 2.39. The summed E-state index contributed by atoms with van der Waals surface area (Å²) in [6, 6.07) is 5.86. The fourth-order valence-electron chi connectivity index (χ4n) is 2.77. The SMILES string of the molecule is C=CCn1c(=O)/c(=C/c2cccs2)s/c1=C(\C#N)C(=O)N1CCCC1. The second kappa shape index (κ2) is 7.64. The third-order valence-corrected chi connectivity index (χ3v) is 5.92. The normalized spacial score (nSPS) is 16.0. The molecule has 0 unspecified atom stereocenters. The number of aromatic nitrogens is 1. The number of thiophene rings is 1. The number of hydrogen-bond donors (Lipinski definition) is 0. The van der Waals surface area contributed by atoms with Gasteiger partial charge in [0, 0.05) is 24.5 Å². The molecular weight excluding hydrogens is 354 g/mol. The first-order valence-electron chi connectivity index (χ1n) is 7.95. The summed E-state index contributed by atoms with van der Waals surface area (Å²) in [6.45, 7) is 5.27. The van der Waals surface area contributed by atoms with Gasteiger partial charge < -0.3 is 4.90 Å². The fourth-order valence-corrected chi connectivity index (χ4v) is 4.59. The van der Waals surface area contributed by atoms with Gasteiger partial charge in [0.25, 0.3) is 11.5 Å². The molecule has 0 N–H and O–H groups in total. The van der Waals surface area contributed by atoms with Gasteiger partial charge in [0.1, 0.15) is 10.7 Å². The molecule has 25 heavy (non-hydrogen) atoms. The predicted octanol–water partition coefficient (Wildman–Crippen LogP) is 1.28. The van der Waals surface area contributed by atoms with E-state index in [1.807, 2.05) is 23.6 Å². The number of thiazole rings is 1. The monoisotopic (exact) mass is 371 g/mol. The van der Waals surface area contributed by atoms with Crippen LogP contribution in [0.1, 0.15) is 17.7 Å². The first-order chi connectivity index (χ1) is 12.2. The molecule has 1 aliphatic heterocycles. The molecule has 0 spiro atoms. The molecule has 0 aromatic carbocycles. The number of carbonyl (C=O) groups is 1. The molecule has 5 nitrogen and oxygen atoms in total. The number of likely N-dealkylation sites (tertiary alicyclic amines) is 1. The Morgan fingerprint density at radius 1 is 1.40 bits per heavy atom. The third kappa shape index (κ3) is 3.50. The first-order valence-corrected chi connectivity index (χ1v) is 9.64. The maximum Gasteiger partial charge on any atom is 0.269 e. The molecule has 1 fully saturated rings. The number of rotatable bonds is 4. The Morgan fingerprint density at radius 3 is 2.76 bits per heavy atom. The fraction of sp³-hybridized carbons (Fsp3) is 0.278. The minimum atomic E-state index is -0.290. The molecule has 0 saturated carbocycles. The Labute approximate surface area is 153 Å². The topological polar surface area (TPSA) is 66.1 Å². The number of carbonyl (C=O) groups excluding carboxylic acids is 1. The second-order valence-electron chi connectivity index (χ2n) is 5.62. The Morgan fingerprint density at radius 2 is 2.16 bits per heavy atom. The van der Waals surface area contributed by atoms with E-state index in [0.29, 0.717) is 22.3 Å². The molecule has 0 radical (unpaired) electrons. The lowest BCUT2D eigenvalue weighted by Gasteiger charge is -2.13. The van der Waals surface area contributed by atoms with Crippen LogP contribution in [0.15, 0.2) is 35.0 Å². The number of hydrogen-bond acceptors (Lipinski definition) is 5. The van der Waals surface area contributed by atoms with Crippen LogP contribution in [0.4, 0.5) is 0 Å². The van der Waals surface area contributed by atoms with Crippen molar-refractivity contribution in [3.8, 4) is 6.07 Å². The number of amides is 1. The quantitative estimate of drug-likeness (QED) is 0.761. The van der Waals surface area contributed by atoms with Crippen LogP contribution in [0.25, 0.3) is 11.6 Å². The molecule has 1 aliphatic rings. The summed E-state index contributed by atoms with van der Waals surface area (Å²) in [5.74, 6) is -0.290. The van der Waals surface area contributed by atoms with Crippen LogP contribution in [0.2, 0.25) is 0 Å². The van der Waals surface area contributed by atoms with E-state index in [-0.39, 0.29) is 23.6 Å². The van der Waals surface area contributed by atoms with Gasteiger partial charge in [-0.25, -0.2) is 0 Å². The van der Waals surface area contributed by atoms with Crippen LogP contribution in [0, 0.1) is 11.3 Å². The minimum Gasteiger partial charge on any atom is -0.338 e. The number of nitrogens with zero attached hydrogens (tertiary/aromatic N) is 3. The van der Waals surface area contributed by atoms with Crippen molar-refractivity contribution in [3.63, 3.8) is 0 Å².